The van der Waals surface area contributed by atoms with Crippen molar-refractivity contribution in [2.45, 2.75) is 11.3 Å². The van der Waals surface area contributed by atoms with Gasteiger partial charge in [0.2, 0.25) is 5.95 Å². The fraction of sp³-hybridized carbons (Fsp3) is 0.125. The number of imidazole rings is 1. The Balaban J connectivity index is 1.33. The van der Waals surface area contributed by atoms with Crippen molar-refractivity contribution in [2.24, 2.45) is 0 Å². The Morgan fingerprint density at radius 3 is 2.59 bits per heavy atom. The van der Waals surface area contributed by atoms with Crippen molar-refractivity contribution in [1.29, 1.82) is 0 Å². The van der Waals surface area contributed by atoms with E-state index in [-0.39, 0.29) is 10.6 Å². The molecular weight excluding hydrogens is 457 g/mol. The molecule has 10 heteroatoms. The molecule has 8 nitrogen and oxygen atoms in total. The number of nitrogens with one attached hydrogen (secondary N) is 1. The Bertz CT molecular complexity index is 1530. The van der Waals surface area contributed by atoms with Crippen molar-refractivity contribution < 1.29 is 17.2 Å². The number of aromatic nitrogens is 4. The molecule has 0 aliphatic rings. The number of benzene rings is 2. The zero-order valence-electron chi connectivity index (χ0n) is 17.9. The van der Waals surface area contributed by atoms with Gasteiger partial charge >= 0.3 is 5.84 Å². The summed E-state index contributed by atoms with van der Waals surface area (Å²) in [6.45, 7) is 0.350. The predicted molar refractivity (Wildman–Crippen MR) is 125 cm³/mol. The molecule has 0 fully saturated rings. The van der Waals surface area contributed by atoms with Gasteiger partial charge in [-0.15, -0.1) is 0 Å². The van der Waals surface area contributed by atoms with Crippen molar-refractivity contribution in [3.63, 3.8) is 0 Å². The monoisotopic (exact) mass is 477 g/mol. The molecular formula is C24H20FN5O3S. The van der Waals surface area contributed by atoms with Crippen LogP contribution in [0.25, 0.3) is 28.5 Å². The maximum Gasteiger partial charge on any atom is 0.306 e. The summed E-state index contributed by atoms with van der Waals surface area (Å²) in [5.41, 5.74) is 3.06. The van der Waals surface area contributed by atoms with E-state index in [0.29, 0.717) is 30.5 Å². The molecule has 0 unspecified atom stereocenters. The molecule has 0 aliphatic heterocycles. The van der Waals surface area contributed by atoms with Crippen molar-refractivity contribution in [3.8, 4) is 22.6 Å². The third-order valence-corrected chi connectivity index (χ3v) is 7.07. The van der Waals surface area contributed by atoms with Crippen LogP contribution in [0.2, 0.25) is 0 Å². The Hall–Kier alpha value is -4.05. The summed E-state index contributed by atoms with van der Waals surface area (Å²) in [4.78, 5) is 13.6. The highest BCUT2D eigenvalue weighted by Crippen LogP contribution is 2.32. The Morgan fingerprint density at radius 1 is 1.00 bits per heavy atom. The van der Waals surface area contributed by atoms with Gasteiger partial charge in [-0.2, -0.15) is 4.98 Å². The summed E-state index contributed by atoms with van der Waals surface area (Å²) >= 11 is 0. The van der Waals surface area contributed by atoms with Crippen molar-refractivity contribution in [2.75, 3.05) is 17.6 Å². The van der Waals surface area contributed by atoms with Crippen LogP contribution < -0.4 is 5.32 Å². The van der Waals surface area contributed by atoms with Gasteiger partial charge in [0.1, 0.15) is 23.5 Å². The standard InChI is InChI=1S/C24H20FN5O3S/c25-18-7-9-19(10-8-18)34(31,32)16-4-12-26-23-27-13-11-20(28-23)22-21(17-5-2-1-3-6-17)29-24-30(22)14-15-33-24/h1-3,5-11,13-15H,4,12,16H2,(H,26,27,28). The SMILES string of the molecule is O=S(=O)(CCCNc1nccc(-c2c(-c3ccccc3)nc3occn23)n1)c1ccc(F)cc1. The van der Waals surface area contributed by atoms with Gasteiger partial charge < -0.3 is 9.73 Å². The second kappa shape index (κ2) is 9.06. The minimum Gasteiger partial charge on any atom is -0.432 e. The van der Waals surface area contributed by atoms with Crippen molar-refractivity contribution in [3.05, 3.63) is 85.1 Å². The zero-order valence-corrected chi connectivity index (χ0v) is 18.7. The molecule has 172 valence electrons. The summed E-state index contributed by atoms with van der Waals surface area (Å²) in [5.74, 6) is 0.267. The minimum atomic E-state index is -3.50. The molecule has 5 rings (SSSR count). The van der Waals surface area contributed by atoms with E-state index in [4.69, 9.17) is 4.42 Å². The average molecular weight is 478 g/mol. The molecule has 0 saturated carbocycles. The van der Waals surface area contributed by atoms with E-state index >= 15 is 0 Å². The number of fused-ring (bicyclic) bond motifs is 1. The quantitative estimate of drug-likeness (QED) is 0.260. The highest BCUT2D eigenvalue weighted by Gasteiger charge is 2.19. The molecule has 0 atom stereocenters. The first kappa shape index (κ1) is 21.8. The van der Waals surface area contributed by atoms with Crippen LogP contribution in [-0.2, 0) is 9.84 Å². The van der Waals surface area contributed by atoms with E-state index in [0.717, 1.165) is 29.1 Å². The number of hydrogen-bond acceptors (Lipinski definition) is 7. The molecule has 2 aromatic carbocycles. The Kier molecular flexibility index (Phi) is 5.81. The normalized spacial score (nSPS) is 11.7. The number of hydrogen-bond donors (Lipinski definition) is 1. The van der Waals surface area contributed by atoms with Crippen molar-refractivity contribution >= 4 is 21.6 Å². The van der Waals surface area contributed by atoms with E-state index in [2.05, 4.69) is 20.3 Å². The molecule has 0 amide bonds. The molecule has 3 aromatic heterocycles. The zero-order chi connectivity index (χ0) is 23.5. The Labute approximate surface area is 195 Å². The van der Waals surface area contributed by atoms with E-state index < -0.39 is 15.7 Å². The van der Waals surface area contributed by atoms with Gasteiger partial charge in [0.25, 0.3) is 0 Å². The first-order valence-corrected chi connectivity index (χ1v) is 12.2. The smallest absolute Gasteiger partial charge is 0.306 e. The second-order valence-electron chi connectivity index (χ2n) is 7.55. The van der Waals surface area contributed by atoms with Gasteiger partial charge in [-0.3, -0.25) is 4.40 Å². The maximum atomic E-state index is 13.1. The molecule has 1 N–H and O–H groups in total. The van der Waals surface area contributed by atoms with E-state index in [9.17, 15) is 12.8 Å². The lowest BCUT2D eigenvalue weighted by Crippen LogP contribution is -2.13. The molecule has 0 aliphatic carbocycles. The predicted octanol–water partition coefficient (Wildman–Crippen LogP) is 4.47. The summed E-state index contributed by atoms with van der Waals surface area (Å²) in [6, 6.07) is 16.4. The summed E-state index contributed by atoms with van der Waals surface area (Å²) in [6.07, 6.45) is 5.30. The van der Waals surface area contributed by atoms with Gasteiger partial charge in [-0.25, -0.2) is 22.8 Å². The molecule has 3 heterocycles. The first-order chi connectivity index (χ1) is 16.5. The fourth-order valence-electron chi connectivity index (χ4n) is 3.63. The fourth-order valence-corrected chi connectivity index (χ4v) is 4.94. The molecule has 0 radical (unpaired) electrons. The van der Waals surface area contributed by atoms with Crippen LogP contribution in [-0.4, -0.2) is 40.1 Å². The number of anilines is 1. The largest absolute Gasteiger partial charge is 0.432 e. The lowest BCUT2D eigenvalue weighted by Gasteiger charge is -2.08. The summed E-state index contributed by atoms with van der Waals surface area (Å²) < 4.78 is 45.2. The van der Waals surface area contributed by atoms with Gasteiger partial charge in [-0.05, 0) is 36.8 Å². The van der Waals surface area contributed by atoms with Gasteiger partial charge in [-0.1, -0.05) is 30.3 Å². The van der Waals surface area contributed by atoms with E-state index in [1.807, 2.05) is 34.7 Å². The lowest BCUT2D eigenvalue weighted by atomic mass is 10.1. The maximum absolute atomic E-state index is 13.1. The third-order valence-electron chi connectivity index (χ3n) is 5.25. The number of halogens is 1. The van der Waals surface area contributed by atoms with Crippen LogP contribution in [0.1, 0.15) is 6.42 Å². The van der Waals surface area contributed by atoms with Crippen LogP contribution in [0.5, 0.6) is 0 Å². The van der Waals surface area contributed by atoms with Crippen LogP contribution in [0.3, 0.4) is 0 Å². The highest BCUT2D eigenvalue weighted by atomic mass is 32.2. The van der Waals surface area contributed by atoms with Gasteiger partial charge in [0.15, 0.2) is 9.84 Å². The van der Waals surface area contributed by atoms with Gasteiger partial charge in [0, 0.05) is 24.5 Å². The summed E-state index contributed by atoms with van der Waals surface area (Å²) in [5, 5.41) is 3.08. The molecule has 0 spiro atoms. The van der Waals surface area contributed by atoms with E-state index in [1.54, 1.807) is 24.7 Å². The number of sulfone groups is 1. The van der Waals surface area contributed by atoms with E-state index in [1.165, 1.54) is 12.1 Å². The second-order valence-corrected chi connectivity index (χ2v) is 9.66. The highest BCUT2D eigenvalue weighted by molar-refractivity contribution is 7.91. The van der Waals surface area contributed by atoms with Crippen LogP contribution in [0.4, 0.5) is 10.3 Å². The van der Waals surface area contributed by atoms with Crippen LogP contribution >= 0.6 is 0 Å². The molecule has 34 heavy (non-hydrogen) atoms. The van der Waals surface area contributed by atoms with Crippen LogP contribution in [0, 0.1) is 5.82 Å². The average Bonchev–Trinajstić information content (AvgIpc) is 3.44. The molecule has 0 bridgehead atoms. The topological polar surface area (TPSA) is 102 Å². The number of rotatable bonds is 8. The Morgan fingerprint density at radius 2 is 1.79 bits per heavy atom. The molecule has 5 aromatic rings. The minimum absolute atomic E-state index is 0.0816. The van der Waals surface area contributed by atoms with Crippen molar-refractivity contribution in [1.82, 2.24) is 19.4 Å². The van der Waals surface area contributed by atoms with Crippen LogP contribution in [0.15, 0.2) is 88.6 Å². The first-order valence-electron chi connectivity index (χ1n) is 10.6. The lowest BCUT2D eigenvalue weighted by molar-refractivity contribution is 0.592. The number of oxazole rings is 1. The number of nitrogens with zero attached hydrogens (tertiary/aromatic N) is 4. The van der Waals surface area contributed by atoms with Gasteiger partial charge in [0.05, 0.1) is 16.3 Å². The summed E-state index contributed by atoms with van der Waals surface area (Å²) in [7, 11) is -3.50. The third kappa shape index (κ3) is 4.40. The molecule has 0 saturated heterocycles.